The van der Waals surface area contributed by atoms with E-state index in [4.69, 9.17) is 24.4 Å². The molecule has 6 heterocycles. The van der Waals surface area contributed by atoms with Gasteiger partial charge in [0.1, 0.15) is 17.2 Å². The van der Waals surface area contributed by atoms with Gasteiger partial charge in [0, 0.05) is 65.3 Å². The Hall–Kier alpha value is -6.06. The molecular formula is C45H52N10O3S2. The first-order chi connectivity index (χ1) is 28.5. The minimum atomic E-state index is -0.157. The summed E-state index contributed by atoms with van der Waals surface area (Å²) in [7, 11) is 13.1. The van der Waals surface area contributed by atoms with E-state index in [0.717, 1.165) is 65.5 Å². The molecule has 2 aromatic carbocycles. The van der Waals surface area contributed by atoms with Crippen molar-refractivity contribution in [3.8, 4) is 40.0 Å². The maximum absolute atomic E-state index is 5.59. The molecule has 312 valence electrons. The zero-order valence-electron chi connectivity index (χ0n) is 36.5. The molecule has 15 heteroatoms. The fourth-order valence-corrected chi connectivity index (χ4v) is 8.48. The molecule has 0 fully saturated rings. The number of anilines is 2. The van der Waals surface area contributed by atoms with E-state index in [9.17, 15) is 0 Å². The molecule has 8 aromatic rings. The molecule has 0 saturated carbocycles. The molecule has 0 bridgehead atoms. The molecule has 0 aliphatic rings. The predicted molar refractivity (Wildman–Crippen MR) is 244 cm³/mol. The van der Waals surface area contributed by atoms with Crippen molar-refractivity contribution in [2.45, 2.75) is 52.4 Å². The fourth-order valence-electron chi connectivity index (χ4n) is 6.73. The van der Waals surface area contributed by atoms with Crippen molar-refractivity contribution in [1.82, 2.24) is 39.6 Å². The Morgan fingerprint density at radius 2 is 1.02 bits per heavy atom. The summed E-state index contributed by atoms with van der Waals surface area (Å²) in [5, 5.41) is 32.2. The zero-order chi connectivity index (χ0) is 43.1. The van der Waals surface area contributed by atoms with Crippen LogP contribution in [-0.2, 0) is 10.8 Å². The summed E-state index contributed by atoms with van der Waals surface area (Å²) in [4.78, 5) is 6.53. The number of benzene rings is 2. The van der Waals surface area contributed by atoms with Gasteiger partial charge in [-0.2, -0.15) is 19.2 Å². The Morgan fingerprint density at radius 1 is 0.550 bits per heavy atom. The molecule has 0 aliphatic heterocycles. The van der Waals surface area contributed by atoms with Crippen LogP contribution in [0.4, 0.5) is 10.0 Å². The highest BCUT2D eigenvalue weighted by Gasteiger charge is 2.27. The second-order valence-electron chi connectivity index (χ2n) is 16.7. The monoisotopic (exact) mass is 844 g/mol. The van der Waals surface area contributed by atoms with Crippen LogP contribution in [0.3, 0.4) is 0 Å². The smallest absolute Gasteiger partial charge is 0.189 e. The van der Waals surface area contributed by atoms with Gasteiger partial charge in [-0.15, -0.1) is 43.1 Å². The standard InChI is InChI=1S/C23H27N5O2S.C22H25N5OS/c1-23(2,3)20-17(13-15-9-11-19(31-15)27(4)5)22-25-24-21(28(22)26-20)16-10-8-14(29-6)12-18(16)30-7;1-22(2,3)19-16(13-14-11-12-18(29-14)26(4)5)21-24-23-20(27(21)25-19)15-9-7-8-10-17(15)28-6/h8-13H,1-7H3;7-13H,1-6H3/b17-13-;16-13-. The SMILES string of the molecule is COc1ccc(-c2nnc3/c(=C\c4ccc(N(C)C)s4)c(C(C)(C)C)nn23)c(OC)c1.COc1ccccc1-c1nnc2/c(=C\c3ccc(N(C)C)s3)c(C(C)(C)C)nn12. The number of thiophene rings is 2. The lowest BCUT2D eigenvalue weighted by Gasteiger charge is -2.15. The van der Waals surface area contributed by atoms with Crippen LogP contribution >= 0.6 is 22.7 Å². The van der Waals surface area contributed by atoms with E-state index >= 15 is 0 Å². The largest absolute Gasteiger partial charge is 0.497 e. The highest BCUT2D eigenvalue weighted by molar-refractivity contribution is 7.17. The number of rotatable bonds is 9. The second kappa shape index (κ2) is 16.5. The van der Waals surface area contributed by atoms with E-state index in [2.05, 4.69) is 122 Å². The molecule has 0 N–H and O–H groups in total. The van der Waals surface area contributed by atoms with Crippen LogP contribution in [0.5, 0.6) is 17.2 Å². The van der Waals surface area contributed by atoms with Gasteiger partial charge in [-0.1, -0.05) is 53.7 Å². The molecule has 13 nitrogen and oxygen atoms in total. The molecule has 8 rings (SSSR count). The first-order valence-corrected chi connectivity index (χ1v) is 21.1. The van der Waals surface area contributed by atoms with E-state index in [-0.39, 0.29) is 10.8 Å². The van der Waals surface area contributed by atoms with Crippen molar-refractivity contribution in [3.05, 3.63) is 98.3 Å². The molecule has 0 aliphatic carbocycles. The van der Waals surface area contributed by atoms with Crippen molar-refractivity contribution in [1.29, 1.82) is 0 Å². The highest BCUT2D eigenvalue weighted by Crippen LogP contribution is 2.34. The van der Waals surface area contributed by atoms with Gasteiger partial charge in [0.15, 0.2) is 22.9 Å². The first-order valence-electron chi connectivity index (χ1n) is 19.5. The van der Waals surface area contributed by atoms with Crippen LogP contribution in [-0.4, -0.2) is 89.1 Å². The maximum atomic E-state index is 5.59. The Kier molecular flexibility index (Phi) is 11.6. The Bertz CT molecular complexity index is 2890. The summed E-state index contributed by atoms with van der Waals surface area (Å²) < 4.78 is 20.1. The molecule has 0 saturated heterocycles. The predicted octanol–water partition coefficient (Wildman–Crippen LogP) is 7.55. The normalized spacial score (nSPS) is 12.6. The van der Waals surface area contributed by atoms with Crippen LogP contribution in [0.15, 0.2) is 66.7 Å². The molecular weight excluding hydrogens is 793 g/mol. The Balaban J connectivity index is 0.000000182. The van der Waals surface area contributed by atoms with Crippen LogP contribution in [0.25, 0.3) is 46.2 Å². The van der Waals surface area contributed by atoms with Crippen LogP contribution in [0.2, 0.25) is 0 Å². The summed E-state index contributed by atoms with van der Waals surface area (Å²) in [5.74, 6) is 3.45. The second-order valence-corrected chi connectivity index (χ2v) is 18.9. The van der Waals surface area contributed by atoms with E-state index in [1.54, 1.807) is 44.0 Å². The third kappa shape index (κ3) is 8.23. The lowest BCUT2D eigenvalue weighted by Crippen LogP contribution is -2.22. The summed E-state index contributed by atoms with van der Waals surface area (Å²) >= 11 is 3.47. The molecule has 60 heavy (non-hydrogen) atoms. The number of para-hydroxylation sites is 1. The van der Waals surface area contributed by atoms with Crippen LogP contribution < -0.4 is 34.4 Å². The fraction of sp³-hybridized carbons (Fsp3) is 0.333. The summed E-state index contributed by atoms with van der Waals surface area (Å²) in [6, 6.07) is 22.0. The van der Waals surface area contributed by atoms with Crippen molar-refractivity contribution in [2.75, 3.05) is 59.3 Å². The summed E-state index contributed by atoms with van der Waals surface area (Å²) in [6.45, 7) is 13.0. The van der Waals surface area contributed by atoms with Gasteiger partial charge in [-0.05, 0) is 60.7 Å². The minimum absolute atomic E-state index is 0.133. The first kappa shape index (κ1) is 42.1. The number of nitrogens with zero attached hydrogens (tertiary/aromatic N) is 10. The number of fused-ring (bicyclic) bond motifs is 2. The summed E-state index contributed by atoms with van der Waals surface area (Å²) in [6.07, 6.45) is 4.32. The Labute approximate surface area is 358 Å². The van der Waals surface area contributed by atoms with Gasteiger partial charge in [0.05, 0.1) is 53.8 Å². The molecule has 0 radical (unpaired) electrons. The van der Waals surface area contributed by atoms with E-state index < -0.39 is 0 Å². The minimum Gasteiger partial charge on any atom is -0.497 e. The third-order valence-corrected chi connectivity index (χ3v) is 12.2. The molecule has 0 spiro atoms. The maximum Gasteiger partial charge on any atom is 0.189 e. The van der Waals surface area contributed by atoms with Crippen molar-refractivity contribution in [3.63, 3.8) is 0 Å². The van der Waals surface area contributed by atoms with Crippen molar-refractivity contribution in [2.24, 2.45) is 0 Å². The third-order valence-electron chi connectivity index (χ3n) is 9.77. The Morgan fingerprint density at radius 3 is 1.43 bits per heavy atom. The number of aromatic nitrogens is 8. The molecule has 0 unspecified atom stereocenters. The quantitative estimate of drug-likeness (QED) is 0.143. The topological polar surface area (TPSA) is 120 Å². The highest BCUT2D eigenvalue weighted by atomic mass is 32.1. The van der Waals surface area contributed by atoms with Gasteiger partial charge in [-0.25, -0.2) is 0 Å². The van der Waals surface area contributed by atoms with E-state index in [0.29, 0.717) is 17.4 Å². The number of methoxy groups -OCH3 is 3. The van der Waals surface area contributed by atoms with E-state index in [1.807, 2.05) is 65.6 Å². The van der Waals surface area contributed by atoms with Crippen molar-refractivity contribution >= 4 is 56.1 Å². The summed E-state index contributed by atoms with van der Waals surface area (Å²) in [5.41, 5.74) is 4.86. The van der Waals surface area contributed by atoms with Crippen LogP contribution in [0, 0.1) is 0 Å². The lowest BCUT2D eigenvalue weighted by atomic mass is 9.91. The van der Waals surface area contributed by atoms with Gasteiger partial charge in [0.25, 0.3) is 0 Å². The average molecular weight is 845 g/mol. The van der Waals surface area contributed by atoms with Gasteiger partial charge in [-0.3, -0.25) is 0 Å². The zero-order valence-corrected chi connectivity index (χ0v) is 38.2. The molecule has 0 amide bonds. The van der Waals surface area contributed by atoms with E-state index in [1.165, 1.54) is 10.0 Å². The lowest BCUT2D eigenvalue weighted by molar-refractivity contribution is 0.395. The molecule has 0 atom stereocenters. The van der Waals surface area contributed by atoms with Crippen LogP contribution in [0.1, 0.15) is 62.7 Å². The van der Waals surface area contributed by atoms with Gasteiger partial charge < -0.3 is 24.0 Å². The molecule has 6 aromatic heterocycles. The number of hydrogen-bond donors (Lipinski definition) is 0. The number of ether oxygens (including phenoxy) is 3. The van der Waals surface area contributed by atoms with Gasteiger partial charge in [0.2, 0.25) is 0 Å². The average Bonchev–Trinajstić information content (AvgIpc) is 4.06. The number of hydrogen-bond acceptors (Lipinski definition) is 13. The van der Waals surface area contributed by atoms with Crippen molar-refractivity contribution < 1.29 is 14.2 Å². The van der Waals surface area contributed by atoms with Gasteiger partial charge >= 0.3 is 0 Å².